The van der Waals surface area contributed by atoms with E-state index in [2.05, 4.69) is 23.8 Å². The largest absolute Gasteiger partial charge is 0.497 e. The van der Waals surface area contributed by atoms with E-state index in [4.69, 9.17) is 9.47 Å². The van der Waals surface area contributed by atoms with Crippen LogP contribution in [0.1, 0.15) is 47.4 Å². The summed E-state index contributed by atoms with van der Waals surface area (Å²) in [7, 11) is 3.31. The van der Waals surface area contributed by atoms with Gasteiger partial charge in [0.15, 0.2) is 5.78 Å². The zero-order chi connectivity index (χ0) is 20.6. The van der Waals surface area contributed by atoms with E-state index >= 15 is 0 Å². The number of H-pyrrole nitrogens is 1. The Balaban J connectivity index is 1.89. The van der Waals surface area contributed by atoms with Crippen molar-refractivity contribution in [2.24, 2.45) is 5.41 Å². The van der Waals surface area contributed by atoms with Gasteiger partial charge in [-0.15, -0.1) is 0 Å². The van der Waals surface area contributed by atoms with Gasteiger partial charge in [0.1, 0.15) is 11.5 Å². The number of Topliss-reactive ketones (excluding diaryl/α,β-unsaturated/α-hetero) is 1. The number of aromatic nitrogens is 2. The van der Waals surface area contributed by atoms with Crippen molar-refractivity contribution in [1.29, 1.82) is 0 Å². The number of hydrogen-bond acceptors (Lipinski definition) is 4. The first-order valence-electron chi connectivity index (χ1n) is 9.80. The molecule has 1 aliphatic rings. The number of rotatable bonds is 5. The normalized spacial score (nSPS) is 15.1. The van der Waals surface area contributed by atoms with E-state index in [9.17, 15) is 4.79 Å². The molecule has 1 aromatic carbocycles. The molecule has 5 heteroatoms. The number of pyridine rings is 1. The number of ether oxygens (including phenoxy) is 2. The van der Waals surface area contributed by atoms with Gasteiger partial charge in [-0.25, -0.2) is 0 Å². The molecule has 0 fully saturated rings. The molecule has 0 spiro atoms. The summed E-state index contributed by atoms with van der Waals surface area (Å²) in [5.74, 6) is 1.75. The quantitative estimate of drug-likeness (QED) is 0.677. The third-order valence-corrected chi connectivity index (χ3v) is 5.58. The Hall–Kier alpha value is -3.08. The molecule has 0 atom stereocenters. The zero-order valence-corrected chi connectivity index (χ0v) is 17.3. The number of benzene rings is 1. The summed E-state index contributed by atoms with van der Waals surface area (Å²) < 4.78 is 11.0. The summed E-state index contributed by atoms with van der Waals surface area (Å²) in [6, 6.07) is 9.71. The summed E-state index contributed by atoms with van der Waals surface area (Å²) in [6.07, 6.45) is 5.53. The molecule has 1 N–H and O–H groups in total. The highest BCUT2D eigenvalue weighted by atomic mass is 16.5. The number of hydrogen-bond donors (Lipinski definition) is 1. The van der Waals surface area contributed by atoms with E-state index < -0.39 is 0 Å². The van der Waals surface area contributed by atoms with Gasteiger partial charge >= 0.3 is 0 Å². The second-order valence-corrected chi connectivity index (χ2v) is 8.36. The van der Waals surface area contributed by atoms with E-state index in [1.54, 1.807) is 26.6 Å². The van der Waals surface area contributed by atoms with E-state index in [1.807, 2.05) is 30.3 Å². The highest BCUT2D eigenvalue weighted by Crippen LogP contribution is 2.41. The highest BCUT2D eigenvalue weighted by Gasteiger charge is 2.35. The first-order chi connectivity index (χ1) is 13.9. The number of nitrogens with zero attached hydrogens (tertiary/aromatic N) is 1. The molecule has 0 saturated heterocycles. The smallest absolute Gasteiger partial charge is 0.165 e. The summed E-state index contributed by atoms with van der Waals surface area (Å²) in [4.78, 5) is 20.9. The highest BCUT2D eigenvalue weighted by molar-refractivity contribution is 6.02. The van der Waals surface area contributed by atoms with Gasteiger partial charge in [0, 0.05) is 47.6 Å². The Morgan fingerprint density at radius 2 is 1.83 bits per heavy atom. The van der Waals surface area contributed by atoms with Gasteiger partial charge in [-0.1, -0.05) is 13.8 Å². The number of carbonyl (C=O) groups excluding carboxylic acids is 1. The van der Waals surface area contributed by atoms with Crippen LogP contribution in [0.5, 0.6) is 11.5 Å². The lowest BCUT2D eigenvalue weighted by molar-refractivity contribution is 0.0911. The molecule has 29 heavy (non-hydrogen) atoms. The van der Waals surface area contributed by atoms with Crippen molar-refractivity contribution in [3.8, 4) is 22.8 Å². The van der Waals surface area contributed by atoms with Gasteiger partial charge in [-0.3, -0.25) is 9.78 Å². The molecule has 0 saturated carbocycles. The van der Waals surface area contributed by atoms with Crippen molar-refractivity contribution in [2.75, 3.05) is 14.2 Å². The van der Waals surface area contributed by atoms with Crippen LogP contribution in [0.15, 0.2) is 42.7 Å². The fraction of sp³-hybridized carbons (Fsp3) is 0.333. The summed E-state index contributed by atoms with van der Waals surface area (Å²) in [5.41, 5.74) is 5.82. The predicted molar refractivity (Wildman–Crippen MR) is 113 cm³/mol. The fourth-order valence-electron chi connectivity index (χ4n) is 4.28. The Morgan fingerprint density at radius 1 is 1.07 bits per heavy atom. The summed E-state index contributed by atoms with van der Waals surface area (Å²) in [5, 5.41) is 0. The third kappa shape index (κ3) is 3.65. The van der Waals surface area contributed by atoms with Crippen molar-refractivity contribution in [3.63, 3.8) is 0 Å². The molecule has 2 aromatic heterocycles. The van der Waals surface area contributed by atoms with Gasteiger partial charge in [-0.2, -0.15) is 0 Å². The minimum atomic E-state index is -0.0463. The molecule has 3 aromatic rings. The van der Waals surface area contributed by atoms with Gasteiger partial charge in [-0.05, 0) is 47.7 Å². The standard InChI is InChI=1S/C24H26N2O3/c1-24(2)13-19-22(20(27)14-24)18(23(26-19)15-7-9-25-10-8-15)12-16-11-17(28-3)5-6-21(16)29-4/h5-11,26H,12-14H2,1-4H3. The number of nitrogens with one attached hydrogen (secondary N) is 1. The average molecular weight is 390 g/mol. The lowest BCUT2D eigenvalue weighted by atomic mass is 9.75. The number of methoxy groups -OCH3 is 2. The first kappa shape index (κ1) is 19.2. The molecule has 0 bridgehead atoms. The fourth-order valence-corrected chi connectivity index (χ4v) is 4.28. The first-order valence-corrected chi connectivity index (χ1v) is 9.80. The van der Waals surface area contributed by atoms with Crippen LogP contribution < -0.4 is 9.47 Å². The number of fused-ring (bicyclic) bond motifs is 1. The third-order valence-electron chi connectivity index (χ3n) is 5.58. The Morgan fingerprint density at radius 3 is 2.52 bits per heavy atom. The van der Waals surface area contributed by atoms with Crippen molar-refractivity contribution >= 4 is 5.78 Å². The van der Waals surface area contributed by atoms with Crippen LogP contribution in [0, 0.1) is 5.41 Å². The minimum Gasteiger partial charge on any atom is -0.497 e. The van der Waals surface area contributed by atoms with Crippen molar-refractivity contribution in [2.45, 2.75) is 33.1 Å². The second-order valence-electron chi connectivity index (χ2n) is 8.36. The minimum absolute atomic E-state index is 0.0463. The zero-order valence-electron chi connectivity index (χ0n) is 17.3. The molecule has 0 aliphatic heterocycles. The van der Waals surface area contributed by atoms with Crippen LogP contribution in [-0.4, -0.2) is 30.0 Å². The molecule has 1 aliphatic carbocycles. The van der Waals surface area contributed by atoms with E-state index in [0.717, 1.165) is 51.6 Å². The van der Waals surface area contributed by atoms with Gasteiger partial charge in [0.05, 0.1) is 19.9 Å². The van der Waals surface area contributed by atoms with Crippen molar-refractivity contribution < 1.29 is 14.3 Å². The Bertz CT molecular complexity index is 1050. The maximum atomic E-state index is 13.1. The van der Waals surface area contributed by atoms with Crippen LogP contribution in [0.2, 0.25) is 0 Å². The topological polar surface area (TPSA) is 64.2 Å². The van der Waals surface area contributed by atoms with Gasteiger partial charge in [0.25, 0.3) is 0 Å². The SMILES string of the molecule is COc1ccc(OC)c(Cc2c(-c3ccncc3)[nH]c3c2C(=O)CC(C)(C)C3)c1. The van der Waals surface area contributed by atoms with Crippen LogP contribution in [0.25, 0.3) is 11.3 Å². The van der Waals surface area contributed by atoms with Gasteiger partial charge < -0.3 is 14.5 Å². The molecule has 5 nitrogen and oxygen atoms in total. The molecule has 4 rings (SSSR count). The monoisotopic (exact) mass is 390 g/mol. The predicted octanol–water partition coefficient (Wildman–Crippen LogP) is 4.84. The number of aromatic amines is 1. The molecule has 0 radical (unpaired) electrons. The van der Waals surface area contributed by atoms with Crippen molar-refractivity contribution in [1.82, 2.24) is 9.97 Å². The second kappa shape index (κ2) is 7.39. The molecule has 2 heterocycles. The number of carbonyl (C=O) groups is 1. The average Bonchev–Trinajstić information content (AvgIpc) is 3.05. The Labute approximate surface area is 171 Å². The molecular weight excluding hydrogens is 364 g/mol. The molecule has 0 unspecified atom stereocenters. The molecule has 0 amide bonds. The van der Waals surface area contributed by atoms with E-state index in [0.29, 0.717) is 12.8 Å². The van der Waals surface area contributed by atoms with Gasteiger partial charge in [0.2, 0.25) is 0 Å². The maximum absolute atomic E-state index is 13.1. The van der Waals surface area contributed by atoms with Crippen molar-refractivity contribution in [3.05, 3.63) is 65.1 Å². The van der Waals surface area contributed by atoms with E-state index in [-0.39, 0.29) is 11.2 Å². The Kier molecular flexibility index (Phi) is 4.91. The lowest BCUT2D eigenvalue weighted by Gasteiger charge is -2.28. The number of ketones is 1. The van der Waals surface area contributed by atoms with Crippen LogP contribution in [-0.2, 0) is 12.8 Å². The molecule has 150 valence electrons. The maximum Gasteiger partial charge on any atom is 0.165 e. The van der Waals surface area contributed by atoms with Crippen LogP contribution in [0.4, 0.5) is 0 Å². The van der Waals surface area contributed by atoms with E-state index in [1.165, 1.54) is 0 Å². The summed E-state index contributed by atoms with van der Waals surface area (Å²) >= 11 is 0. The van der Waals surface area contributed by atoms with Crippen LogP contribution >= 0.6 is 0 Å². The molecular formula is C24H26N2O3. The lowest BCUT2D eigenvalue weighted by Crippen LogP contribution is -2.27. The van der Waals surface area contributed by atoms with Crippen LogP contribution in [0.3, 0.4) is 0 Å². The summed E-state index contributed by atoms with van der Waals surface area (Å²) in [6.45, 7) is 4.29.